The highest BCUT2D eigenvalue weighted by Gasteiger charge is 2.33. The maximum atomic E-state index is 11.8. The predicted octanol–water partition coefficient (Wildman–Crippen LogP) is 4.25. The molecule has 1 heterocycles. The first-order valence-corrected chi connectivity index (χ1v) is 10.4. The van der Waals surface area contributed by atoms with Crippen LogP contribution in [0, 0.1) is 0 Å². The summed E-state index contributed by atoms with van der Waals surface area (Å²) in [5.74, 6) is 0.162. The minimum Gasteiger partial charge on any atom is -0.371 e. The van der Waals surface area contributed by atoms with Gasteiger partial charge in [-0.25, -0.2) is 0 Å². The molecule has 0 unspecified atom stereocenters. The van der Waals surface area contributed by atoms with Crippen molar-refractivity contribution in [1.82, 2.24) is 0 Å². The smallest absolute Gasteiger partial charge is 0.168 e. The van der Waals surface area contributed by atoms with Crippen molar-refractivity contribution in [3.05, 3.63) is 34.9 Å². The van der Waals surface area contributed by atoms with Crippen LogP contribution in [0.4, 0.5) is 5.69 Å². The van der Waals surface area contributed by atoms with E-state index in [1.807, 2.05) is 6.07 Å². The number of carbonyl (C=O) groups excluding carboxylic acids is 1. The van der Waals surface area contributed by atoms with Gasteiger partial charge in [-0.3, -0.25) is 4.79 Å². The van der Waals surface area contributed by atoms with Gasteiger partial charge in [0.15, 0.2) is 14.0 Å². The second kappa shape index (κ2) is 4.59. The second-order valence-corrected chi connectivity index (χ2v) is 11.4. The lowest BCUT2D eigenvalue weighted by Gasteiger charge is -2.41. The molecular formula is C14H19NOSSi. The van der Waals surface area contributed by atoms with Crippen LogP contribution in [-0.4, -0.2) is 14.0 Å². The van der Waals surface area contributed by atoms with Crippen molar-refractivity contribution in [3.63, 3.8) is 0 Å². The number of rotatable bonds is 2. The Hall–Kier alpha value is -1.00. The Morgan fingerprint density at radius 3 is 2.39 bits per heavy atom. The van der Waals surface area contributed by atoms with Gasteiger partial charge >= 0.3 is 0 Å². The maximum absolute atomic E-state index is 11.8. The van der Waals surface area contributed by atoms with Crippen molar-refractivity contribution in [1.29, 1.82) is 0 Å². The lowest BCUT2D eigenvalue weighted by molar-refractivity contribution is -0.113. The van der Waals surface area contributed by atoms with E-state index in [-0.39, 0.29) is 5.78 Å². The molecule has 0 saturated heterocycles. The van der Waals surface area contributed by atoms with Gasteiger partial charge in [0.05, 0.1) is 4.91 Å². The molecule has 0 bridgehead atoms. The number of ketones is 1. The van der Waals surface area contributed by atoms with Crippen LogP contribution in [0.3, 0.4) is 0 Å². The van der Waals surface area contributed by atoms with Gasteiger partial charge in [0.2, 0.25) is 0 Å². The summed E-state index contributed by atoms with van der Waals surface area (Å²) in [5, 5.41) is 0. The zero-order valence-corrected chi connectivity index (χ0v) is 13.4. The van der Waals surface area contributed by atoms with Crippen LogP contribution < -0.4 is 4.57 Å². The standard InChI is InChI=1S/C14H19NOSSi/c1-10-14(11(2)16)17-13-9-7-6-8-12(13)15(10)18(3,4)5/h6-9H,1-5H3. The van der Waals surface area contributed by atoms with Crippen LogP contribution in [0.1, 0.15) is 13.8 Å². The van der Waals surface area contributed by atoms with E-state index in [2.05, 4.69) is 49.3 Å². The molecule has 0 radical (unpaired) electrons. The first-order chi connectivity index (χ1) is 8.32. The number of hydrogen-bond donors (Lipinski definition) is 0. The average Bonchev–Trinajstić information content (AvgIpc) is 2.25. The normalized spacial score (nSPS) is 15.7. The zero-order chi connectivity index (χ0) is 13.5. The van der Waals surface area contributed by atoms with Gasteiger partial charge in [-0.2, -0.15) is 0 Å². The van der Waals surface area contributed by atoms with E-state index in [9.17, 15) is 4.79 Å². The van der Waals surface area contributed by atoms with E-state index < -0.39 is 8.24 Å². The summed E-state index contributed by atoms with van der Waals surface area (Å²) in [4.78, 5) is 13.9. The summed E-state index contributed by atoms with van der Waals surface area (Å²) in [6.07, 6.45) is 0. The minimum absolute atomic E-state index is 0.162. The highest BCUT2D eigenvalue weighted by Crippen LogP contribution is 2.45. The van der Waals surface area contributed by atoms with Gasteiger partial charge in [-0.05, 0) is 26.0 Å². The zero-order valence-electron chi connectivity index (χ0n) is 11.6. The molecule has 1 aliphatic heterocycles. The van der Waals surface area contributed by atoms with E-state index in [1.165, 1.54) is 10.6 Å². The number of carbonyl (C=O) groups is 1. The molecule has 0 saturated carbocycles. The average molecular weight is 277 g/mol. The highest BCUT2D eigenvalue weighted by molar-refractivity contribution is 8.04. The van der Waals surface area contributed by atoms with Crippen LogP contribution in [-0.2, 0) is 4.79 Å². The summed E-state index contributed by atoms with van der Waals surface area (Å²) < 4.78 is 2.40. The number of anilines is 1. The van der Waals surface area contributed by atoms with E-state index in [1.54, 1.807) is 18.7 Å². The number of para-hydroxylation sites is 1. The van der Waals surface area contributed by atoms with Gasteiger partial charge in [-0.15, -0.1) is 0 Å². The first kappa shape index (κ1) is 13.4. The Kier molecular flexibility index (Phi) is 3.42. The molecule has 0 aliphatic carbocycles. The third-order valence-electron chi connectivity index (χ3n) is 2.97. The van der Waals surface area contributed by atoms with Gasteiger partial charge in [0.1, 0.15) is 0 Å². The monoisotopic (exact) mass is 277 g/mol. The van der Waals surface area contributed by atoms with E-state index in [0.29, 0.717) is 0 Å². The molecule has 1 aromatic rings. The molecule has 0 amide bonds. The van der Waals surface area contributed by atoms with Gasteiger partial charge in [0, 0.05) is 16.3 Å². The molecule has 0 N–H and O–H groups in total. The third kappa shape index (κ3) is 2.27. The second-order valence-electron chi connectivity index (χ2n) is 5.55. The summed E-state index contributed by atoms with van der Waals surface area (Å²) in [5.41, 5.74) is 2.37. The maximum Gasteiger partial charge on any atom is 0.168 e. The Morgan fingerprint density at radius 2 is 1.83 bits per heavy atom. The lowest BCUT2D eigenvalue weighted by Crippen LogP contribution is -2.46. The van der Waals surface area contributed by atoms with Gasteiger partial charge in [0.25, 0.3) is 0 Å². The fourth-order valence-corrected chi connectivity index (χ4v) is 5.60. The number of benzene rings is 1. The van der Waals surface area contributed by atoms with Crippen molar-refractivity contribution >= 4 is 31.5 Å². The third-order valence-corrected chi connectivity index (χ3v) is 6.24. The van der Waals surface area contributed by atoms with Crippen LogP contribution in [0.2, 0.25) is 19.6 Å². The lowest BCUT2D eigenvalue weighted by atomic mass is 10.2. The molecular weight excluding hydrogens is 258 g/mol. The van der Waals surface area contributed by atoms with Crippen LogP contribution >= 0.6 is 11.8 Å². The Balaban J connectivity index is 2.64. The fourth-order valence-electron chi connectivity index (χ4n) is 2.39. The summed E-state index contributed by atoms with van der Waals surface area (Å²) in [6, 6.07) is 8.36. The van der Waals surface area contributed by atoms with Gasteiger partial charge < -0.3 is 4.57 Å². The molecule has 0 aromatic heterocycles. The first-order valence-electron chi connectivity index (χ1n) is 6.11. The number of nitrogens with zero attached hydrogens (tertiary/aromatic N) is 1. The number of fused-ring (bicyclic) bond motifs is 1. The van der Waals surface area contributed by atoms with Crippen LogP contribution in [0.5, 0.6) is 0 Å². The summed E-state index contributed by atoms with van der Waals surface area (Å²) in [7, 11) is -1.55. The minimum atomic E-state index is -1.55. The molecule has 4 heteroatoms. The Morgan fingerprint density at radius 1 is 1.22 bits per heavy atom. The quantitative estimate of drug-likeness (QED) is 0.754. The summed E-state index contributed by atoms with van der Waals surface area (Å²) >= 11 is 1.60. The van der Waals surface area contributed by atoms with Crippen molar-refractivity contribution in [2.45, 2.75) is 38.4 Å². The largest absolute Gasteiger partial charge is 0.371 e. The fraction of sp³-hybridized carbons (Fsp3) is 0.357. The summed E-state index contributed by atoms with van der Waals surface area (Å²) in [6.45, 7) is 10.6. The Labute approximate surface area is 114 Å². The number of allylic oxidation sites excluding steroid dienone is 2. The van der Waals surface area contributed by atoms with Crippen molar-refractivity contribution in [3.8, 4) is 0 Å². The van der Waals surface area contributed by atoms with E-state index in [4.69, 9.17) is 0 Å². The number of thioether (sulfide) groups is 1. The van der Waals surface area contributed by atoms with E-state index in [0.717, 1.165) is 10.6 Å². The van der Waals surface area contributed by atoms with Crippen molar-refractivity contribution in [2.75, 3.05) is 4.57 Å². The molecule has 18 heavy (non-hydrogen) atoms. The van der Waals surface area contributed by atoms with E-state index >= 15 is 0 Å². The topological polar surface area (TPSA) is 20.3 Å². The molecule has 1 aromatic carbocycles. The molecule has 2 nitrogen and oxygen atoms in total. The van der Waals surface area contributed by atoms with Gasteiger partial charge in [-0.1, -0.05) is 43.5 Å². The predicted molar refractivity (Wildman–Crippen MR) is 81.5 cm³/mol. The molecule has 2 rings (SSSR count). The number of hydrogen-bond acceptors (Lipinski definition) is 3. The molecule has 0 spiro atoms. The van der Waals surface area contributed by atoms with Crippen LogP contribution in [0.25, 0.3) is 0 Å². The number of Topliss-reactive ketones (excluding diaryl/α,β-unsaturated/α-hetero) is 1. The molecule has 0 fully saturated rings. The van der Waals surface area contributed by atoms with Crippen molar-refractivity contribution < 1.29 is 4.79 Å². The molecule has 0 atom stereocenters. The molecule has 96 valence electrons. The molecule has 1 aliphatic rings. The van der Waals surface area contributed by atoms with Crippen LogP contribution in [0.15, 0.2) is 39.8 Å². The highest BCUT2D eigenvalue weighted by atomic mass is 32.2. The SMILES string of the molecule is CC(=O)C1=C(C)N([Si](C)(C)C)c2ccccc2S1. The van der Waals surface area contributed by atoms with Crippen molar-refractivity contribution in [2.24, 2.45) is 0 Å². The Bertz CT molecular complexity index is 531.